The molecule has 0 saturated heterocycles. The van der Waals surface area contributed by atoms with E-state index >= 15 is 0 Å². The Labute approximate surface area is 240 Å². The van der Waals surface area contributed by atoms with Crippen LogP contribution in [-0.2, 0) is 19.7 Å². The molecule has 1 aliphatic rings. The molecule has 0 saturated carbocycles. The number of anilines is 1. The van der Waals surface area contributed by atoms with Gasteiger partial charge in [0.1, 0.15) is 23.9 Å². The number of carbonyl (C=O) groups is 2. The fourth-order valence-corrected chi connectivity index (χ4v) is 5.93. The number of nitrogens with one attached hydrogen (secondary N) is 1. The van der Waals surface area contributed by atoms with Gasteiger partial charge in [-0.15, -0.1) is 11.8 Å². The van der Waals surface area contributed by atoms with Crippen molar-refractivity contribution in [1.29, 1.82) is 0 Å². The van der Waals surface area contributed by atoms with Crippen molar-refractivity contribution in [2.75, 3.05) is 51.7 Å². The predicted molar refractivity (Wildman–Crippen MR) is 158 cm³/mol. The number of ether oxygens (including phenoxy) is 3. The molecule has 10 heteroatoms. The number of fused-ring (bicyclic) bond motifs is 1. The van der Waals surface area contributed by atoms with Gasteiger partial charge in [0.05, 0.1) is 43.2 Å². The van der Waals surface area contributed by atoms with E-state index in [0.29, 0.717) is 30.5 Å². The van der Waals surface area contributed by atoms with Gasteiger partial charge in [-0.2, -0.15) is 5.10 Å². The second-order valence-electron chi connectivity index (χ2n) is 10.7. The smallest absolute Gasteiger partial charge is 0.240 e. The molecule has 40 heavy (non-hydrogen) atoms. The third-order valence-corrected chi connectivity index (χ3v) is 7.96. The molecular formula is C30H38N4O5S. The van der Waals surface area contributed by atoms with E-state index in [1.807, 2.05) is 49.4 Å². The Kier molecular flexibility index (Phi) is 9.10. The van der Waals surface area contributed by atoms with Crippen LogP contribution in [0.4, 0.5) is 5.82 Å². The van der Waals surface area contributed by atoms with Crippen molar-refractivity contribution >= 4 is 29.4 Å². The first-order valence-electron chi connectivity index (χ1n) is 13.2. The van der Waals surface area contributed by atoms with Crippen LogP contribution in [0, 0.1) is 6.92 Å². The third kappa shape index (κ3) is 6.13. The van der Waals surface area contributed by atoms with Gasteiger partial charge in [-0.25, -0.2) is 4.68 Å². The highest BCUT2D eigenvalue weighted by atomic mass is 32.2. The topological polar surface area (TPSA) is 94.9 Å². The van der Waals surface area contributed by atoms with E-state index < -0.39 is 0 Å². The van der Waals surface area contributed by atoms with Crippen LogP contribution in [-0.4, -0.2) is 68.4 Å². The number of carbonyl (C=O) groups excluding carboxylic acids is 2. The molecule has 0 spiro atoms. The Morgan fingerprint density at radius 2 is 1.82 bits per heavy atom. The SMILES string of the molecule is COCCNC(=O)CN1C(=O)CS[C@@H](c2cc(OC)ccc2OC)c2c(C(C)(C)C)nn(-c3ccc(C)cc3)c21. The highest BCUT2D eigenvalue weighted by molar-refractivity contribution is 8.00. The van der Waals surface area contributed by atoms with Crippen molar-refractivity contribution in [1.82, 2.24) is 15.1 Å². The van der Waals surface area contributed by atoms with Crippen LogP contribution in [0.5, 0.6) is 11.5 Å². The van der Waals surface area contributed by atoms with Gasteiger partial charge in [-0.05, 0) is 37.3 Å². The van der Waals surface area contributed by atoms with Crippen molar-refractivity contribution in [3.63, 3.8) is 0 Å². The van der Waals surface area contributed by atoms with E-state index in [1.165, 1.54) is 11.8 Å². The average Bonchev–Trinajstić information content (AvgIpc) is 3.27. The van der Waals surface area contributed by atoms with Crippen LogP contribution in [0.25, 0.3) is 5.69 Å². The summed E-state index contributed by atoms with van der Waals surface area (Å²) >= 11 is 1.50. The minimum Gasteiger partial charge on any atom is -0.497 e. The molecule has 0 radical (unpaired) electrons. The van der Waals surface area contributed by atoms with Crippen LogP contribution < -0.4 is 19.7 Å². The van der Waals surface area contributed by atoms with E-state index in [-0.39, 0.29) is 34.8 Å². The first-order valence-corrected chi connectivity index (χ1v) is 14.2. The largest absolute Gasteiger partial charge is 0.497 e. The lowest BCUT2D eigenvalue weighted by atomic mass is 9.87. The molecule has 1 aliphatic heterocycles. The summed E-state index contributed by atoms with van der Waals surface area (Å²) in [6, 6.07) is 13.7. The summed E-state index contributed by atoms with van der Waals surface area (Å²) in [6.07, 6.45) is 0. The Bertz CT molecular complexity index is 1360. The Balaban J connectivity index is 2.00. The van der Waals surface area contributed by atoms with Crippen LogP contribution in [0.3, 0.4) is 0 Å². The normalized spacial score (nSPS) is 15.4. The minimum atomic E-state index is -0.370. The summed E-state index contributed by atoms with van der Waals surface area (Å²) in [7, 11) is 4.84. The molecule has 3 aromatic rings. The number of hydrogen-bond acceptors (Lipinski definition) is 7. The highest BCUT2D eigenvalue weighted by Crippen LogP contribution is 2.50. The molecule has 4 rings (SSSR count). The van der Waals surface area contributed by atoms with Crippen molar-refractivity contribution in [3.05, 3.63) is 64.8 Å². The van der Waals surface area contributed by atoms with Gasteiger partial charge in [0, 0.05) is 30.2 Å². The van der Waals surface area contributed by atoms with E-state index in [2.05, 4.69) is 26.1 Å². The molecule has 2 amide bonds. The molecule has 1 aromatic heterocycles. The summed E-state index contributed by atoms with van der Waals surface area (Å²) in [5, 5.41) is 7.68. The Morgan fingerprint density at radius 1 is 1.10 bits per heavy atom. The lowest BCUT2D eigenvalue weighted by Gasteiger charge is -2.25. The van der Waals surface area contributed by atoms with E-state index in [4.69, 9.17) is 19.3 Å². The van der Waals surface area contributed by atoms with Gasteiger partial charge in [0.2, 0.25) is 11.8 Å². The number of aromatic nitrogens is 2. The van der Waals surface area contributed by atoms with E-state index in [0.717, 1.165) is 28.1 Å². The standard InChI is InChI=1S/C30H38N4O5S/c1-19-8-10-20(11-9-19)34-29-26(28(32-34)30(2,3)4)27(22-16-21(38-6)12-13-23(22)39-7)40-18-25(36)33(29)17-24(35)31-14-15-37-5/h8-13,16,27H,14-15,17-18H2,1-7H3,(H,31,35)/t27-/m0/s1. The molecular weight excluding hydrogens is 528 g/mol. The maximum Gasteiger partial charge on any atom is 0.240 e. The lowest BCUT2D eigenvalue weighted by molar-refractivity contribution is -0.123. The Hall–Kier alpha value is -3.50. The van der Waals surface area contributed by atoms with Crippen LogP contribution >= 0.6 is 11.8 Å². The second kappa shape index (κ2) is 12.3. The zero-order valence-corrected chi connectivity index (χ0v) is 25.1. The molecule has 2 heterocycles. The summed E-state index contributed by atoms with van der Waals surface area (Å²) < 4.78 is 18.2. The number of thioether (sulfide) groups is 1. The van der Waals surface area contributed by atoms with Crippen LogP contribution in [0.15, 0.2) is 42.5 Å². The first kappa shape index (κ1) is 29.5. The third-order valence-electron chi connectivity index (χ3n) is 6.73. The molecule has 0 aliphatic carbocycles. The number of amides is 2. The molecule has 1 N–H and O–H groups in total. The quantitative estimate of drug-likeness (QED) is 0.383. The summed E-state index contributed by atoms with van der Waals surface area (Å²) in [6.45, 7) is 8.94. The lowest BCUT2D eigenvalue weighted by Crippen LogP contribution is -2.43. The van der Waals surface area contributed by atoms with E-state index in [9.17, 15) is 9.59 Å². The number of nitrogens with zero attached hydrogens (tertiary/aromatic N) is 3. The zero-order valence-electron chi connectivity index (χ0n) is 24.2. The number of aryl methyl sites for hydroxylation is 1. The maximum absolute atomic E-state index is 13.8. The van der Waals surface area contributed by atoms with Gasteiger partial charge in [0.25, 0.3) is 0 Å². The van der Waals surface area contributed by atoms with Crippen LogP contribution in [0.2, 0.25) is 0 Å². The molecule has 9 nitrogen and oxygen atoms in total. The maximum atomic E-state index is 13.8. The highest BCUT2D eigenvalue weighted by Gasteiger charge is 2.40. The van der Waals surface area contributed by atoms with Gasteiger partial charge in [-0.3, -0.25) is 14.5 Å². The molecule has 1 atom stereocenters. The second-order valence-corrected chi connectivity index (χ2v) is 11.8. The summed E-state index contributed by atoms with van der Waals surface area (Å²) in [4.78, 5) is 28.4. The number of rotatable bonds is 9. The fourth-order valence-electron chi connectivity index (χ4n) is 4.72. The zero-order chi connectivity index (χ0) is 29.0. The van der Waals surface area contributed by atoms with Gasteiger partial charge in [-0.1, -0.05) is 38.5 Å². The summed E-state index contributed by atoms with van der Waals surface area (Å²) in [5.74, 6) is 1.68. The van der Waals surface area contributed by atoms with Gasteiger partial charge in [0.15, 0.2) is 0 Å². The molecule has 214 valence electrons. The van der Waals surface area contributed by atoms with Crippen molar-refractivity contribution in [2.24, 2.45) is 0 Å². The van der Waals surface area contributed by atoms with Gasteiger partial charge >= 0.3 is 0 Å². The first-order chi connectivity index (χ1) is 19.1. The number of methoxy groups -OCH3 is 3. The molecule has 0 unspecified atom stereocenters. The van der Waals surface area contributed by atoms with Crippen LogP contribution in [0.1, 0.15) is 48.4 Å². The number of hydrogen-bond donors (Lipinski definition) is 1. The Morgan fingerprint density at radius 3 is 2.45 bits per heavy atom. The fraction of sp³-hybridized carbons (Fsp3) is 0.433. The van der Waals surface area contributed by atoms with Crippen molar-refractivity contribution < 1.29 is 23.8 Å². The van der Waals surface area contributed by atoms with Gasteiger partial charge < -0.3 is 19.5 Å². The van der Waals surface area contributed by atoms with Crippen molar-refractivity contribution in [3.8, 4) is 17.2 Å². The van der Waals surface area contributed by atoms with E-state index in [1.54, 1.807) is 30.9 Å². The monoisotopic (exact) mass is 566 g/mol. The summed E-state index contributed by atoms with van der Waals surface area (Å²) in [5.41, 5.74) is 4.13. The molecule has 0 fully saturated rings. The predicted octanol–water partition coefficient (Wildman–Crippen LogP) is 4.43. The van der Waals surface area contributed by atoms with Crippen molar-refractivity contribution in [2.45, 2.75) is 38.4 Å². The minimum absolute atomic E-state index is 0.140. The number of benzene rings is 2. The molecule has 0 bridgehead atoms. The molecule has 2 aromatic carbocycles. The average molecular weight is 567 g/mol.